The number of hydrogen-bond acceptors (Lipinski definition) is 2. The zero-order valence-corrected chi connectivity index (χ0v) is 8.15. The molecule has 78 valence electrons. The maximum absolute atomic E-state index is 13.0. The second-order valence-electron chi connectivity index (χ2n) is 4.11. The summed E-state index contributed by atoms with van der Waals surface area (Å²) in [5, 5.41) is 0. The Bertz CT molecular complexity index is 168. The molecule has 4 heteroatoms. The number of ether oxygens (including phenoxy) is 1. The van der Waals surface area contributed by atoms with Gasteiger partial charge < -0.3 is 10.5 Å². The monoisotopic (exact) mass is 193 g/mol. The van der Waals surface area contributed by atoms with Crippen molar-refractivity contribution in [3.63, 3.8) is 0 Å². The van der Waals surface area contributed by atoms with Crippen molar-refractivity contribution < 1.29 is 13.5 Å². The lowest BCUT2D eigenvalue weighted by Crippen LogP contribution is -2.08. The van der Waals surface area contributed by atoms with Gasteiger partial charge in [-0.05, 0) is 13.0 Å². The predicted molar refractivity (Wildman–Crippen MR) is 46.7 cm³/mol. The summed E-state index contributed by atoms with van der Waals surface area (Å²) in [6, 6.07) is 0. The van der Waals surface area contributed by atoms with Gasteiger partial charge in [0.05, 0.1) is 12.5 Å². The lowest BCUT2D eigenvalue weighted by atomic mass is 10.1. The average molecular weight is 193 g/mol. The third-order valence-corrected chi connectivity index (χ3v) is 2.86. The number of alkyl halides is 2. The van der Waals surface area contributed by atoms with Crippen LogP contribution in [0.5, 0.6) is 0 Å². The van der Waals surface area contributed by atoms with Gasteiger partial charge in [-0.15, -0.1) is 0 Å². The molecule has 0 heterocycles. The maximum atomic E-state index is 13.0. The lowest BCUT2D eigenvalue weighted by molar-refractivity contribution is 0.0449. The summed E-state index contributed by atoms with van der Waals surface area (Å²) in [4.78, 5) is 0. The fourth-order valence-electron chi connectivity index (χ4n) is 1.46. The first kappa shape index (κ1) is 10.9. The van der Waals surface area contributed by atoms with E-state index >= 15 is 0 Å². The Kier molecular flexibility index (Phi) is 2.92. The molecule has 0 aromatic heterocycles. The molecule has 1 unspecified atom stereocenters. The fraction of sp³-hybridized carbons (Fsp3) is 1.00. The molecule has 1 rings (SSSR count). The Morgan fingerprint density at radius 3 is 2.31 bits per heavy atom. The van der Waals surface area contributed by atoms with Gasteiger partial charge in [0.15, 0.2) is 0 Å². The number of halogens is 2. The Hall–Kier alpha value is -0.220. The first-order valence-electron chi connectivity index (χ1n) is 4.60. The van der Waals surface area contributed by atoms with Gasteiger partial charge in [0, 0.05) is 12.0 Å². The van der Waals surface area contributed by atoms with Crippen LogP contribution < -0.4 is 5.73 Å². The highest BCUT2D eigenvalue weighted by Crippen LogP contribution is 2.65. The minimum atomic E-state index is -2.55. The molecule has 2 nitrogen and oxygen atoms in total. The van der Waals surface area contributed by atoms with Crippen LogP contribution in [0.25, 0.3) is 0 Å². The number of rotatable bonds is 5. The zero-order valence-electron chi connectivity index (χ0n) is 8.15. The molecule has 1 fully saturated rings. The summed E-state index contributed by atoms with van der Waals surface area (Å²) in [5.41, 5.74) is 4.36. The van der Waals surface area contributed by atoms with Crippen molar-refractivity contribution >= 4 is 0 Å². The molecule has 0 saturated heterocycles. The second-order valence-corrected chi connectivity index (χ2v) is 4.11. The zero-order chi connectivity index (χ0) is 10.1. The molecule has 0 aromatic carbocycles. The third-order valence-electron chi connectivity index (χ3n) is 2.86. The summed E-state index contributed by atoms with van der Waals surface area (Å²) in [6.07, 6.45) is 0.735. The van der Waals surface area contributed by atoms with Gasteiger partial charge in [-0.25, -0.2) is 8.78 Å². The molecule has 1 atom stereocenters. The predicted octanol–water partition coefficient (Wildman–Crippen LogP) is 1.64. The Labute approximate surface area is 77.4 Å². The molecule has 1 saturated carbocycles. The normalized spacial score (nSPS) is 28.8. The minimum Gasteiger partial charge on any atom is -0.381 e. The van der Waals surface area contributed by atoms with Gasteiger partial charge >= 0.3 is 0 Å². The van der Waals surface area contributed by atoms with E-state index in [-0.39, 0.29) is 6.61 Å². The van der Waals surface area contributed by atoms with Crippen molar-refractivity contribution in [3.8, 4) is 0 Å². The van der Waals surface area contributed by atoms with Crippen LogP contribution in [0.4, 0.5) is 8.78 Å². The van der Waals surface area contributed by atoms with Crippen LogP contribution in [-0.4, -0.2) is 25.7 Å². The summed E-state index contributed by atoms with van der Waals surface area (Å²) < 4.78 is 31.1. The van der Waals surface area contributed by atoms with E-state index in [0.717, 1.165) is 6.42 Å². The van der Waals surface area contributed by atoms with E-state index in [0.29, 0.717) is 13.2 Å². The van der Waals surface area contributed by atoms with Crippen LogP contribution in [0, 0.1) is 11.3 Å². The van der Waals surface area contributed by atoms with E-state index in [2.05, 4.69) is 0 Å². The Morgan fingerprint density at radius 1 is 1.38 bits per heavy atom. The molecule has 0 bridgehead atoms. The first-order chi connectivity index (χ1) is 5.94. The maximum Gasteiger partial charge on any atom is 0.259 e. The average Bonchev–Trinajstić information content (AvgIpc) is 2.39. The van der Waals surface area contributed by atoms with Gasteiger partial charge in [0.2, 0.25) is 0 Å². The van der Waals surface area contributed by atoms with E-state index in [1.54, 1.807) is 13.8 Å². The smallest absolute Gasteiger partial charge is 0.259 e. The summed E-state index contributed by atoms with van der Waals surface area (Å²) in [7, 11) is 0. The molecule has 13 heavy (non-hydrogen) atoms. The van der Waals surface area contributed by atoms with E-state index in [1.165, 1.54) is 0 Å². The second kappa shape index (κ2) is 3.50. The van der Waals surface area contributed by atoms with Gasteiger partial charge in [0.25, 0.3) is 5.92 Å². The molecular formula is C9H17F2NO. The molecular weight excluding hydrogens is 176 g/mol. The molecule has 1 aliphatic rings. The molecule has 0 spiro atoms. The molecule has 1 aliphatic carbocycles. The fourth-order valence-corrected chi connectivity index (χ4v) is 1.46. The van der Waals surface area contributed by atoms with Crippen LogP contribution in [0.15, 0.2) is 0 Å². The number of hydrogen-bond donors (Lipinski definition) is 1. The van der Waals surface area contributed by atoms with Crippen LogP contribution in [-0.2, 0) is 4.74 Å². The van der Waals surface area contributed by atoms with Gasteiger partial charge in [-0.1, -0.05) is 13.8 Å². The highest BCUT2D eigenvalue weighted by molar-refractivity contribution is 5.12. The topological polar surface area (TPSA) is 35.2 Å². The molecule has 2 N–H and O–H groups in total. The lowest BCUT2D eigenvalue weighted by Gasteiger charge is -2.01. The van der Waals surface area contributed by atoms with Crippen LogP contribution in [0.1, 0.15) is 20.3 Å². The summed E-state index contributed by atoms with van der Waals surface area (Å²) in [6.45, 7) is 4.33. The van der Waals surface area contributed by atoms with Crippen molar-refractivity contribution in [1.82, 2.24) is 0 Å². The highest BCUT2D eigenvalue weighted by atomic mass is 19.3. The summed E-state index contributed by atoms with van der Waals surface area (Å²) >= 11 is 0. The van der Waals surface area contributed by atoms with E-state index < -0.39 is 17.3 Å². The quantitative estimate of drug-likeness (QED) is 0.674. The van der Waals surface area contributed by atoms with Gasteiger partial charge in [-0.3, -0.25) is 0 Å². The van der Waals surface area contributed by atoms with Crippen molar-refractivity contribution in [2.75, 3.05) is 19.8 Å². The largest absolute Gasteiger partial charge is 0.381 e. The van der Waals surface area contributed by atoms with Crippen LogP contribution in [0.3, 0.4) is 0 Å². The van der Waals surface area contributed by atoms with Gasteiger partial charge in [0.1, 0.15) is 0 Å². The van der Waals surface area contributed by atoms with E-state index in [4.69, 9.17) is 10.5 Å². The van der Waals surface area contributed by atoms with E-state index in [1.807, 2.05) is 0 Å². The van der Waals surface area contributed by atoms with Crippen molar-refractivity contribution in [2.24, 2.45) is 17.1 Å². The number of nitrogens with two attached hydrogens (primary N) is 1. The molecule has 0 aromatic rings. The Morgan fingerprint density at radius 2 is 1.92 bits per heavy atom. The SMILES string of the molecule is CC1(C)C(COCCCN)C1(F)F. The highest BCUT2D eigenvalue weighted by Gasteiger charge is 2.74. The molecule has 0 amide bonds. The van der Waals surface area contributed by atoms with E-state index in [9.17, 15) is 8.78 Å². The molecule has 0 radical (unpaired) electrons. The van der Waals surface area contributed by atoms with Crippen molar-refractivity contribution in [2.45, 2.75) is 26.2 Å². The van der Waals surface area contributed by atoms with Crippen molar-refractivity contribution in [1.29, 1.82) is 0 Å². The van der Waals surface area contributed by atoms with Crippen LogP contribution >= 0.6 is 0 Å². The first-order valence-corrected chi connectivity index (χ1v) is 4.60. The Balaban J connectivity index is 2.19. The standard InChI is InChI=1S/C9H17F2NO/c1-8(2)7(9(8,10)11)6-13-5-3-4-12/h7H,3-6,12H2,1-2H3. The van der Waals surface area contributed by atoms with Crippen LogP contribution in [0.2, 0.25) is 0 Å². The molecule has 0 aliphatic heterocycles. The minimum absolute atomic E-state index is 0.153. The third kappa shape index (κ3) is 1.83. The van der Waals surface area contributed by atoms with Crippen molar-refractivity contribution in [3.05, 3.63) is 0 Å². The van der Waals surface area contributed by atoms with Gasteiger partial charge in [-0.2, -0.15) is 0 Å². The summed E-state index contributed by atoms with van der Waals surface area (Å²) in [5.74, 6) is -3.16.